The maximum absolute atomic E-state index is 14.4. The fourth-order valence-electron chi connectivity index (χ4n) is 4.32. The number of carbonyl (C=O) groups is 2. The van der Waals surface area contributed by atoms with E-state index in [2.05, 4.69) is 6.58 Å². The van der Waals surface area contributed by atoms with Gasteiger partial charge in [0.05, 0.1) is 6.04 Å². The standard InChI is InChI=1S/C23H21F2NO3/c1-14-9-19(18-8-7-16(24)12-21(18)25)20(10-14)22(27)26-17(13-29-23(26)28)11-15-5-3-2-4-6-15/h2-8,12,17,19-20H,1,9-11,13H2/t17-,19+,20-/m0/s1. The normalized spacial score (nSPS) is 24.1. The number of amides is 2. The van der Waals surface area contributed by atoms with E-state index >= 15 is 0 Å². The van der Waals surface area contributed by atoms with Gasteiger partial charge in [0.25, 0.3) is 0 Å². The van der Waals surface area contributed by atoms with Gasteiger partial charge in [0.2, 0.25) is 5.91 Å². The average molecular weight is 397 g/mol. The summed E-state index contributed by atoms with van der Waals surface area (Å²) in [7, 11) is 0. The summed E-state index contributed by atoms with van der Waals surface area (Å²) < 4.78 is 32.9. The van der Waals surface area contributed by atoms with Crippen molar-refractivity contribution in [1.82, 2.24) is 4.90 Å². The molecule has 6 heteroatoms. The molecule has 4 nitrogen and oxygen atoms in total. The largest absolute Gasteiger partial charge is 0.447 e. The molecule has 0 radical (unpaired) electrons. The summed E-state index contributed by atoms with van der Waals surface area (Å²) in [6.07, 6.45) is 0.598. The van der Waals surface area contributed by atoms with E-state index in [4.69, 9.17) is 4.74 Å². The fraction of sp³-hybridized carbons (Fsp3) is 0.304. The van der Waals surface area contributed by atoms with Crippen LogP contribution in [0.2, 0.25) is 0 Å². The molecule has 0 bridgehead atoms. The first-order valence-corrected chi connectivity index (χ1v) is 9.59. The molecule has 1 saturated carbocycles. The predicted octanol–water partition coefficient (Wildman–Crippen LogP) is 4.60. The van der Waals surface area contributed by atoms with Crippen molar-refractivity contribution in [3.63, 3.8) is 0 Å². The van der Waals surface area contributed by atoms with Crippen LogP contribution in [0.4, 0.5) is 13.6 Å². The van der Waals surface area contributed by atoms with Crippen molar-refractivity contribution in [2.45, 2.75) is 31.2 Å². The highest BCUT2D eigenvalue weighted by molar-refractivity contribution is 5.95. The summed E-state index contributed by atoms with van der Waals surface area (Å²) in [5.74, 6) is -2.86. The maximum atomic E-state index is 14.4. The third-order valence-electron chi connectivity index (χ3n) is 5.69. The van der Waals surface area contributed by atoms with Gasteiger partial charge in [-0.15, -0.1) is 0 Å². The molecule has 0 N–H and O–H groups in total. The molecular formula is C23H21F2NO3. The van der Waals surface area contributed by atoms with Crippen molar-refractivity contribution < 1.29 is 23.1 Å². The first-order valence-electron chi connectivity index (χ1n) is 9.59. The topological polar surface area (TPSA) is 46.6 Å². The van der Waals surface area contributed by atoms with Gasteiger partial charge in [-0.05, 0) is 36.5 Å². The van der Waals surface area contributed by atoms with Gasteiger partial charge in [-0.1, -0.05) is 48.6 Å². The number of halogens is 2. The van der Waals surface area contributed by atoms with Crippen LogP contribution in [-0.2, 0) is 16.0 Å². The van der Waals surface area contributed by atoms with Crippen LogP contribution in [0, 0.1) is 17.6 Å². The van der Waals surface area contributed by atoms with Crippen LogP contribution in [0.5, 0.6) is 0 Å². The SMILES string of the molecule is C=C1C[C@H](C(=O)N2C(=O)OC[C@@H]2Cc2ccccc2)[C@@H](c2ccc(F)cc2F)C1. The number of cyclic esters (lactones) is 1. The zero-order valence-electron chi connectivity index (χ0n) is 15.8. The lowest BCUT2D eigenvalue weighted by Gasteiger charge is -2.26. The Hall–Kier alpha value is -3.02. The lowest BCUT2D eigenvalue weighted by atomic mass is 9.87. The van der Waals surface area contributed by atoms with Crippen molar-refractivity contribution in [1.29, 1.82) is 0 Å². The fourth-order valence-corrected chi connectivity index (χ4v) is 4.32. The van der Waals surface area contributed by atoms with E-state index in [1.165, 1.54) is 17.0 Å². The highest BCUT2D eigenvalue weighted by atomic mass is 19.1. The van der Waals surface area contributed by atoms with Crippen LogP contribution >= 0.6 is 0 Å². The van der Waals surface area contributed by atoms with Crippen LogP contribution in [-0.4, -0.2) is 29.5 Å². The van der Waals surface area contributed by atoms with Crippen LogP contribution in [0.1, 0.15) is 29.9 Å². The molecule has 0 aromatic heterocycles. The lowest BCUT2D eigenvalue weighted by Crippen LogP contribution is -2.44. The Balaban J connectivity index is 1.60. The Morgan fingerprint density at radius 3 is 2.62 bits per heavy atom. The number of carbonyl (C=O) groups excluding carboxylic acids is 2. The molecule has 1 heterocycles. The molecule has 2 fully saturated rings. The van der Waals surface area contributed by atoms with Gasteiger partial charge in [-0.2, -0.15) is 0 Å². The monoisotopic (exact) mass is 397 g/mol. The highest BCUT2D eigenvalue weighted by Crippen LogP contribution is 2.44. The van der Waals surface area contributed by atoms with Crippen LogP contribution < -0.4 is 0 Å². The van der Waals surface area contributed by atoms with E-state index in [1.54, 1.807) is 0 Å². The zero-order chi connectivity index (χ0) is 20.5. The van der Waals surface area contributed by atoms with Gasteiger partial charge in [0.15, 0.2) is 0 Å². The van der Waals surface area contributed by atoms with Crippen molar-refractivity contribution in [3.05, 3.63) is 83.4 Å². The minimum atomic E-state index is -0.688. The molecule has 1 saturated heterocycles. The van der Waals surface area contributed by atoms with Crippen LogP contribution in [0.3, 0.4) is 0 Å². The Morgan fingerprint density at radius 1 is 1.14 bits per heavy atom. The molecule has 1 aliphatic carbocycles. The average Bonchev–Trinajstić information content (AvgIpc) is 3.25. The van der Waals surface area contributed by atoms with Gasteiger partial charge < -0.3 is 4.74 Å². The number of ether oxygens (including phenoxy) is 1. The number of benzene rings is 2. The van der Waals surface area contributed by atoms with Crippen molar-refractivity contribution >= 4 is 12.0 Å². The molecular weight excluding hydrogens is 376 g/mol. The molecule has 0 spiro atoms. The van der Waals surface area contributed by atoms with Crippen LogP contribution in [0.15, 0.2) is 60.7 Å². The zero-order valence-corrected chi connectivity index (χ0v) is 15.8. The number of nitrogens with zero attached hydrogens (tertiary/aromatic N) is 1. The number of hydrogen-bond donors (Lipinski definition) is 0. The second-order valence-corrected chi connectivity index (χ2v) is 7.67. The molecule has 2 amide bonds. The minimum absolute atomic E-state index is 0.128. The summed E-state index contributed by atoms with van der Waals surface area (Å²) in [5.41, 5.74) is 2.07. The number of allylic oxidation sites excluding steroid dienone is 1. The molecule has 150 valence electrons. The number of rotatable bonds is 4. The van der Waals surface area contributed by atoms with Crippen molar-refractivity contribution in [2.24, 2.45) is 5.92 Å². The van der Waals surface area contributed by atoms with Gasteiger partial charge in [0.1, 0.15) is 18.2 Å². The molecule has 2 aromatic rings. The first kappa shape index (κ1) is 19.3. The highest BCUT2D eigenvalue weighted by Gasteiger charge is 2.46. The van der Waals surface area contributed by atoms with Gasteiger partial charge in [-0.3, -0.25) is 4.79 Å². The summed E-state index contributed by atoms with van der Waals surface area (Å²) in [6.45, 7) is 4.09. The second-order valence-electron chi connectivity index (χ2n) is 7.67. The Kier molecular flexibility index (Phi) is 5.18. The van der Waals surface area contributed by atoms with Gasteiger partial charge >= 0.3 is 6.09 Å². The Labute approximate surface area is 167 Å². The molecule has 1 aliphatic heterocycles. The van der Waals surface area contributed by atoms with Gasteiger partial charge in [0, 0.05) is 17.9 Å². The Bertz CT molecular complexity index is 960. The third kappa shape index (κ3) is 3.79. The first-order chi connectivity index (χ1) is 13.9. The molecule has 2 aliphatic rings. The van der Waals surface area contributed by atoms with E-state index < -0.39 is 35.6 Å². The second kappa shape index (κ2) is 7.78. The molecule has 0 unspecified atom stereocenters. The van der Waals surface area contributed by atoms with Crippen molar-refractivity contribution in [3.8, 4) is 0 Å². The quantitative estimate of drug-likeness (QED) is 0.708. The summed E-state index contributed by atoms with van der Waals surface area (Å²) in [6, 6.07) is 12.5. The smallest absolute Gasteiger partial charge is 0.416 e. The molecule has 2 aromatic carbocycles. The molecule has 4 rings (SSSR count). The van der Waals surface area contributed by atoms with E-state index in [0.717, 1.165) is 17.2 Å². The Morgan fingerprint density at radius 2 is 1.90 bits per heavy atom. The summed E-state index contributed by atoms with van der Waals surface area (Å²) in [5, 5.41) is 0. The van der Waals surface area contributed by atoms with E-state index in [-0.39, 0.29) is 18.1 Å². The van der Waals surface area contributed by atoms with E-state index in [0.29, 0.717) is 19.3 Å². The van der Waals surface area contributed by atoms with Crippen molar-refractivity contribution in [2.75, 3.05) is 6.61 Å². The molecule has 3 atom stereocenters. The van der Waals surface area contributed by atoms with E-state index in [1.807, 2.05) is 30.3 Å². The maximum Gasteiger partial charge on any atom is 0.416 e. The predicted molar refractivity (Wildman–Crippen MR) is 103 cm³/mol. The third-order valence-corrected chi connectivity index (χ3v) is 5.69. The summed E-state index contributed by atoms with van der Waals surface area (Å²) in [4.78, 5) is 26.9. The minimum Gasteiger partial charge on any atom is -0.447 e. The lowest BCUT2D eigenvalue weighted by molar-refractivity contribution is -0.133. The van der Waals surface area contributed by atoms with Gasteiger partial charge in [-0.25, -0.2) is 18.5 Å². The van der Waals surface area contributed by atoms with E-state index in [9.17, 15) is 18.4 Å². The van der Waals surface area contributed by atoms with Crippen LogP contribution in [0.25, 0.3) is 0 Å². The summed E-state index contributed by atoms with van der Waals surface area (Å²) >= 11 is 0. The molecule has 29 heavy (non-hydrogen) atoms. The number of hydrogen-bond acceptors (Lipinski definition) is 3. The number of imide groups is 1.